The lowest BCUT2D eigenvalue weighted by atomic mass is 10.2. The Morgan fingerprint density at radius 2 is 1.90 bits per heavy atom. The van der Waals surface area contributed by atoms with Crippen molar-refractivity contribution in [2.24, 2.45) is 0 Å². The number of nitrogens with zero attached hydrogens (tertiary/aromatic N) is 1. The van der Waals surface area contributed by atoms with Gasteiger partial charge in [0.2, 0.25) is 0 Å². The lowest BCUT2D eigenvalue weighted by Gasteiger charge is -2.19. The predicted octanol–water partition coefficient (Wildman–Crippen LogP) is 4.24. The van der Waals surface area contributed by atoms with Crippen LogP contribution < -0.4 is 4.74 Å². The van der Waals surface area contributed by atoms with Gasteiger partial charge in [-0.1, -0.05) is 0 Å². The Kier molecular flexibility index (Phi) is 4.39. The Balaban J connectivity index is 2.08. The van der Waals surface area contributed by atoms with Crippen molar-refractivity contribution in [2.45, 2.75) is 52.9 Å². The lowest BCUT2D eigenvalue weighted by molar-refractivity contribution is -0.00644. The van der Waals surface area contributed by atoms with Gasteiger partial charge in [0.05, 0.1) is 18.3 Å². The molecular weight excluding hydrogens is 250 g/mol. The molecule has 0 fully saturated rings. The van der Waals surface area contributed by atoms with Gasteiger partial charge in [-0.25, -0.2) is 0 Å². The second kappa shape index (κ2) is 5.88. The van der Waals surface area contributed by atoms with Crippen molar-refractivity contribution in [3.8, 4) is 5.75 Å². The molecule has 0 spiro atoms. The highest BCUT2D eigenvalue weighted by atomic mass is 16.5. The van der Waals surface area contributed by atoms with Gasteiger partial charge in [0.15, 0.2) is 0 Å². The van der Waals surface area contributed by atoms with E-state index in [0.29, 0.717) is 0 Å². The number of hydrogen-bond donors (Lipinski definition) is 0. The first kappa shape index (κ1) is 14.9. The van der Waals surface area contributed by atoms with E-state index in [4.69, 9.17) is 9.47 Å². The van der Waals surface area contributed by atoms with Gasteiger partial charge in [0.1, 0.15) is 5.75 Å². The first-order valence-electron chi connectivity index (χ1n) is 7.25. The van der Waals surface area contributed by atoms with Crippen molar-refractivity contribution in [3.63, 3.8) is 0 Å². The van der Waals surface area contributed by atoms with Gasteiger partial charge in [-0.15, -0.1) is 0 Å². The van der Waals surface area contributed by atoms with Crippen LogP contribution in [0.1, 0.15) is 34.6 Å². The molecule has 0 aliphatic carbocycles. The van der Waals surface area contributed by atoms with Crippen molar-refractivity contribution in [2.75, 3.05) is 6.61 Å². The van der Waals surface area contributed by atoms with Crippen molar-refractivity contribution >= 4 is 10.9 Å². The van der Waals surface area contributed by atoms with E-state index in [1.165, 1.54) is 10.9 Å². The predicted molar refractivity (Wildman–Crippen MR) is 83.4 cm³/mol. The molecule has 0 radical (unpaired) electrons. The molecule has 3 nitrogen and oxygen atoms in total. The first-order valence-corrected chi connectivity index (χ1v) is 7.25. The maximum Gasteiger partial charge on any atom is 0.120 e. The van der Waals surface area contributed by atoms with Crippen LogP contribution >= 0.6 is 0 Å². The van der Waals surface area contributed by atoms with Gasteiger partial charge in [-0.05, 0) is 58.9 Å². The minimum absolute atomic E-state index is 0.0821. The summed E-state index contributed by atoms with van der Waals surface area (Å²) in [6.07, 6.45) is 2.31. The Morgan fingerprint density at radius 3 is 2.55 bits per heavy atom. The van der Waals surface area contributed by atoms with E-state index in [9.17, 15) is 0 Å². The fourth-order valence-corrected chi connectivity index (χ4v) is 2.17. The Hall–Kier alpha value is -1.48. The zero-order valence-corrected chi connectivity index (χ0v) is 13.1. The molecule has 0 aliphatic rings. The molecule has 110 valence electrons. The third kappa shape index (κ3) is 4.01. The largest absolute Gasteiger partial charge is 0.491 e. The van der Waals surface area contributed by atoms with Crippen LogP contribution in [0, 0.1) is 0 Å². The van der Waals surface area contributed by atoms with E-state index in [0.717, 1.165) is 18.9 Å². The van der Waals surface area contributed by atoms with Gasteiger partial charge in [0, 0.05) is 23.6 Å². The summed E-state index contributed by atoms with van der Waals surface area (Å²) in [6.45, 7) is 11.9. The van der Waals surface area contributed by atoms with Gasteiger partial charge >= 0.3 is 0 Å². The molecule has 1 aromatic carbocycles. The molecule has 2 aromatic rings. The highest BCUT2D eigenvalue weighted by Gasteiger charge is 2.10. The van der Waals surface area contributed by atoms with Gasteiger partial charge in [0.25, 0.3) is 0 Å². The minimum Gasteiger partial charge on any atom is -0.491 e. The molecule has 0 bridgehead atoms. The number of ether oxygens (including phenoxy) is 2. The molecule has 0 N–H and O–H groups in total. The zero-order valence-electron chi connectivity index (χ0n) is 13.1. The molecule has 1 aromatic heterocycles. The molecule has 1 heterocycles. The maximum atomic E-state index is 5.78. The number of hydrogen-bond acceptors (Lipinski definition) is 2. The molecule has 0 unspecified atom stereocenters. The van der Waals surface area contributed by atoms with Crippen LogP contribution in [0.4, 0.5) is 0 Å². The number of benzene rings is 1. The van der Waals surface area contributed by atoms with E-state index >= 15 is 0 Å². The topological polar surface area (TPSA) is 23.4 Å². The highest BCUT2D eigenvalue weighted by Crippen LogP contribution is 2.23. The normalized spacial score (nSPS) is 12.3. The summed E-state index contributed by atoms with van der Waals surface area (Å²) >= 11 is 0. The van der Waals surface area contributed by atoms with Crippen molar-refractivity contribution in [1.29, 1.82) is 0 Å². The molecule has 0 saturated carbocycles. The van der Waals surface area contributed by atoms with Crippen LogP contribution in [0.5, 0.6) is 5.75 Å². The van der Waals surface area contributed by atoms with E-state index in [-0.39, 0.29) is 11.7 Å². The van der Waals surface area contributed by atoms with Crippen molar-refractivity contribution in [3.05, 3.63) is 30.5 Å². The van der Waals surface area contributed by atoms with Crippen molar-refractivity contribution < 1.29 is 9.47 Å². The SMILES string of the molecule is CC(C)Oc1ccc2c(ccn2CCOC(C)(C)C)c1. The average molecular weight is 275 g/mol. The maximum absolute atomic E-state index is 5.78. The van der Waals surface area contributed by atoms with Crippen LogP contribution in [-0.2, 0) is 11.3 Å². The Morgan fingerprint density at radius 1 is 1.15 bits per heavy atom. The second-order valence-corrected chi connectivity index (χ2v) is 6.36. The summed E-state index contributed by atoms with van der Waals surface area (Å²) in [5.74, 6) is 0.927. The molecule has 0 amide bonds. The van der Waals surface area contributed by atoms with Crippen LogP contribution in [0.3, 0.4) is 0 Å². The van der Waals surface area contributed by atoms with Gasteiger partial charge in [-0.2, -0.15) is 0 Å². The van der Waals surface area contributed by atoms with Crippen LogP contribution in [0.2, 0.25) is 0 Å². The standard InChI is InChI=1S/C17H25NO2/c1-13(2)20-15-6-7-16-14(12-15)8-9-18(16)10-11-19-17(3,4)5/h6-9,12-13H,10-11H2,1-5H3. The zero-order chi connectivity index (χ0) is 14.8. The molecule has 0 aliphatic heterocycles. The third-order valence-corrected chi connectivity index (χ3v) is 2.98. The van der Waals surface area contributed by atoms with Gasteiger partial charge in [-0.3, -0.25) is 0 Å². The Labute approximate surface area is 121 Å². The summed E-state index contributed by atoms with van der Waals surface area (Å²) in [7, 11) is 0. The van der Waals surface area contributed by atoms with E-state index < -0.39 is 0 Å². The van der Waals surface area contributed by atoms with Crippen LogP contribution in [-0.4, -0.2) is 22.9 Å². The van der Waals surface area contributed by atoms with E-state index in [1.54, 1.807) is 0 Å². The Bertz CT molecular complexity index is 564. The summed E-state index contributed by atoms with van der Waals surface area (Å²) in [6, 6.07) is 8.36. The summed E-state index contributed by atoms with van der Waals surface area (Å²) < 4.78 is 13.7. The van der Waals surface area contributed by atoms with Crippen LogP contribution in [0.25, 0.3) is 10.9 Å². The molecule has 2 rings (SSSR count). The smallest absolute Gasteiger partial charge is 0.120 e. The monoisotopic (exact) mass is 275 g/mol. The van der Waals surface area contributed by atoms with Crippen molar-refractivity contribution in [1.82, 2.24) is 4.57 Å². The fraction of sp³-hybridized carbons (Fsp3) is 0.529. The average Bonchev–Trinajstić information content (AvgIpc) is 2.69. The minimum atomic E-state index is -0.0821. The number of aromatic nitrogens is 1. The summed E-state index contributed by atoms with van der Waals surface area (Å²) in [5.41, 5.74) is 1.14. The molecule has 0 atom stereocenters. The number of fused-ring (bicyclic) bond motifs is 1. The van der Waals surface area contributed by atoms with E-state index in [2.05, 4.69) is 49.7 Å². The fourth-order valence-electron chi connectivity index (χ4n) is 2.17. The lowest BCUT2D eigenvalue weighted by Crippen LogP contribution is -2.21. The quantitative estimate of drug-likeness (QED) is 0.814. The van der Waals surface area contributed by atoms with Crippen LogP contribution in [0.15, 0.2) is 30.5 Å². The third-order valence-electron chi connectivity index (χ3n) is 2.98. The highest BCUT2D eigenvalue weighted by molar-refractivity contribution is 5.81. The first-order chi connectivity index (χ1) is 9.35. The molecule has 3 heteroatoms. The molecule has 20 heavy (non-hydrogen) atoms. The van der Waals surface area contributed by atoms with Gasteiger partial charge < -0.3 is 14.0 Å². The molecule has 0 saturated heterocycles. The molecular formula is C17H25NO2. The number of rotatable bonds is 5. The summed E-state index contributed by atoms with van der Waals surface area (Å²) in [5, 5.41) is 1.21. The second-order valence-electron chi connectivity index (χ2n) is 6.36. The summed E-state index contributed by atoms with van der Waals surface area (Å²) in [4.78, 5) is 0. The van der Waals surface area contributed by atoms with E-state index in [1.807, 2.05) is 19.9 Å².